The first kappa shape index (κ1) is 14.0. The van der Waals surface area contributed by atoms with E-state index in [1.165, 1.54) is 11.3 Å². The van der Waals surface area contributed by atoms with Crippen LogP contribution in [0.4, 0.5) is 0 Å². The summed E-state index contributed by atoms with van der Waals surface area (Å²) in [5, 5.41) is 15.0. The Morgan fingerprint density at radius 2 is 2.47 bits per heavy atom. The van der Waals surface area contributed by atoms with E-state index in [0.29, 0.717) is 19.1 Å². The number of aliphatic imine (C=N–C) groups is 1. The molecular weight excluding hydrogens is 238 g/mol. The third-order valence-corrected chi connectivity index (χ3v) is 3.34. The lowest BCUT2D eigenvalue weighted by atomic mass is 10.1. The van der Waals surface area contributed by atoms with Gasteiger partial charge in [-0.15, -0.1) is 11.3 Å². The number of methoxy groups -OCH3 is 1. The highest BCUT2D eigenvalue weighted by Crippen LogP contribution is 2.25. The highest BCUT2D eigenvalue weighted by atomic mass is 32.1. The minimum atomic E-state index is -0.971. The Morgan fingerprint density at radius 3 is 3.06 bits per heavy atom. The van der Waals surface area contributed by atoms with E-state index in [4.69, 9.17) is 10.5 Å². The second-order valence-corrected chi connectivity index (χ2v) is 4.82. The maximum absolute atomic E-state index is 10.2. The molecule has 1 aromatic rings. The first-order chi connectivity index (χ1) is 8.06. The van der Waals surface area contributed by atoms with E-state index in [-0.39, 0.29) is 6.54 Å². The van der Waals surface area contributed by atoms with Gasteiger partial charge in [0, 0.05) is 18.5 Å². The van der Waals surface area contributed by atoms with Gasteiger partial charge in [0.1, 0.15) is 5.60 Å². The van der Waals surface area contributed by atoms with Gasteiger partial charge in [-0.1, -0.05) is 6.07 Å². The second kappa shape index (κ2) is 6.58. The highest BCUT2D eigenvalue weighted by molar-refractivity contribution is 7.10. The molecule has 1 atom stereocenters. The molecule has 0 bridgehead atoms. The zero-order valence-corrected chi connectivity index (χ0v) is 11.0. The zero-order valence-electron chi connectivity index (χ0n) is 10.1. The van der Waals surface area contributed by atoms with Gasteiger partial charge in [-0.3, -0.25) is 4.99 Å². The van der Waals surface area contributed by atoms with Crippen molar-refractivity contribution in [3.05, 3.63) is 22.4 Å². The molecule has 0 fully saturated rings. The number of nitrogens with zero attached hydrogens (tertiary/aromatic N) is 1. The Kier molecular flexibility index (Phi) is 5.40. The van der Waals surface area contributed by atoms with Crippen LogP contribution in [0.1, 0.15) is 11.8 Å². The number of hydrogen-bond donors (Lipinski definition) is 3. The molecule has 0 aliphatic heterocycles. The smallest absolute Gasteiger partial charge is 0.188 e. The maximum atomic E-state index is 10.2. The van der Waals surface area contributed by atoms with Gasteiger partial charge in [0.15, 0.2) is 5.96 Å². The standard InChI is InChI=1S/C11H19N3O2S/c1-11(15,9-4-3-7-17-9)8-14-10(12)13-5-6-16-2/h3-4,7,15H,5-6,8H2,1-2H3,(H3,12,13,14). The summed E-state index contributed by atoms with van der Waals surface area (Å²) < 4.78 is 4.88. The quantitative estimate of drug-likeness (QED) is 0.394. The summed E-state index contributed by atoms with van der Waals surface area (Å²) in [5.41, 5.74) is 4.68. The van der Waals surface area contributed by atoms with Crippen molar-refractivity contribution >= 4 is 17.3 Å². The number of thiophene rings is 1. The van der Waals surface area contributed by atoms with Gasteiger partial charge in [0.25, 0.3) is 0 Å². The fourth-order valence-corrected chi connectivity index (χ4v) is 2.02. The SMILES string of the molecule is COCCNC(N)=NCC(C)(O)c1cccs1. The first-order valence-electron chi connectivity index (χ1n) is 5.35. The molecule has 0 radical (unpaired) electrons. The predicted octanol–water partition coefficient (Wildman–Crippen LogP) is 0.506. The number of aliphatic hydroxyl groups is 1. The normalized spacial score (nSPS) is 15.6. The topological polar surface area (TPSA) is 79.9 Å². The van der Waals surface area contributed by atoms with Crippen LogP contribution in [0.2, 0.25) is 0 Å². The van der Waals surface area contributed by atoms with E-state index in [1.807, 2.05) is 17.5 Å². The monoisotopic (exact) mass is 257 g/mol. The van der Waals surface area contributed by atoms with Crippen LogP contribution in [0.5, 0.6) is 0 Å². The zero-order chi connectivity index (χ0) is 12.7. The summed E-state index contributed by atoms with van der Waals surface area (Å²) in [5.74, 6) is 0.318. The van der Waals surface area contributed by atoms with Crippen molar-refractivity contribution in [1.82, 2.24) is 5.32 Å². The Labute approximate surface area is 105 Å². The molecule has 1 aromatic heterocycles. The van der Waals surface area contributed by atoms with Crippen LogP contribution in [-0.4, -0.2) is 37.9 Å². The number of nitrogens with two attached hydrogens (primary N) is 1. The van der Waals surface area contributed by atoms with Crippen molar-refractivity contribution in [1.29, 1.82) is 0 Å². The Balaban J connectivity index is 2.45. The van der Waals surface area contributed by atoms with E-state index in [2.05, 4.69) is 10.3 Å². The van der Waals surface area contributed by atoms with Gasteiger partial charge in [-0.05, 0) is 18.4 Å². The lowest BCUT2D eigenvalue weighted by Gasteiger charge is -2.19. The van der Waals surface area contributed by atoms with Crippen molar-refractivity contribution in [2.45, 2.75) is 12.5 Å². The largest absolute Gasteiger partial charge is 0.383 e. The molecule has 0 aliphatic carbocycles. The lowest BCUT2D eigenvalue weighted by molar-refractivity contribution is 0.0712. The summed E-state index contributed by atoms with van der Waals surface area (Å²) in [6.45, 7) is 3.13. The average Bonchev–Trinajstić information content (AvgIpc) is 2.81. The molecule has 96 valence electrons. The molecule has 6 heteroatoms. The third kappa shape index (κ3) is 4.72. The molecule has 1 unspecified atom stereocenters. The molecule has 1 heterocycles. The molecule has 0 saturated carbocycles. The fourth-order valence-electron chi connectivity index (χ4n) is 1.24. The van der Waals surface area contributed by atoms with E-state index in [1.54, 1.807) is 14.0 Å². The van der Waals surface area contributed by atoms with Crippen LogP contribution >= 0.6 is 11.3 Å². The highest BCUT2D eigenvalue weighted by Gasteiger charge is 2.23. The minimum Gasteiger partial charge on any atom is -0.383 e. The van der Waals surface area contributed by atoms with Gasteiger partial charge < -0.3 is 20.9 Å². The Bertz CT molecular complexity index is 350. The van der Waals surface area contributed by atoms with Gasteiger partial charge in [-0.2, -0.15) is 0 Å². The van der Waals surface area contributed by atoms with Crippen molar-refractivity contribution < 1.29 is 9.84 Å². The number of hydrogen-bond acceptors (Lipinski definition) is 4. The molecule has 5 nitrogen and oxygen atoms in total. The van der Waals surface area contributed by atoms with Crippen molar-refractivity contribution in [3.63, 3.8) is 0 Å². The van der Waals surface area contributed by atoms with Crippen molar-refractivity contribution in [3.8, 4) is 0 Å². The number of ether oxygens (including phenoxy) is 1. The summed E-state index contributed by atoms with van der Waals surface area (Å²) in [6.07, 6.45) is 0. The Morgan fingerprint density at radius 1 is 1.71 bits per heavy atom. The average molecular weight is 257 g/mol. The fraction of sp³-hybridized carbons (Fsp3) is 0.545. The van der Waals surface area contributed by atoms with E-state index >= 15 is 0 Å². The molecule has 4 N–H and O–H groups in total. The molecular formula is C11H19N3O2S. The Hall–Kier alpha value is -1.11. The van der Waals surface area contributed by atoms with Gasteiger partial charge in [0.2, 0.25) is 0 Å². The van der Waals surface area contributed by atoms with Crippen LogP contribution in [-0.2, 0) is 10.3 Å². The summed E-state index contributed by atoms with van der Waals surface area (Å²) in [4.78, 5) is 4.99. The summed E-state index contributed by atoms with van der Waals surface area (Å²) in [7, 11) is 1.62. The van der Waals surface area contributed by atoms with E-state index < -0.39 is 5.60 Å². The molecule has 0 aromatic carbocycles. The first-order valence-corrected chi connectivity index (χ1v) is 6.23. The van der Waals surface area contributed by atoms with E-state index in [9.17, 15) is 5.11 Å². The molecule has 0 saturated heterocycles. The van der Waals surface area contributed by atoms with Crippen LogP contribution < -0.4 is 11.1 Å². The lowest BCUT2D eigenvalue weighted by Crippen LogP contribution is -2.36. The number of guanidine groups is 1. The molecule has 17 heavy (non-hydrogen) atoms. The number of rotatable bonds is 6. The van der Waals surface area contributed by atoms with Gasteiger partial charge in [-0.25, -0.2) is 0 Å². The maximum Gasteiger partial charge on any atom is 0.188 e. The predicted molar refractivity (Wildman–Crippen MR) is 70.3 cm³/mol. The van der Waals surface area contributed by atoms with Crippen LogP contribution in [0.3, 0.4) is 0 Å². The van der Waals surface area contributed by atoms with Crippen molar-refractivity contribution in [2.75, 3.05) is 26.8 Å². The van der Waals surface area contributed by atoms with Crippen molar-refractivity contribution in [2.24, 2.45) is 10.7 Å². The summed E-state index contributed by atoms with van der Waals surface area (Å²) in [6, 6.07) is 3.78. The number of nitrogens with one attached hydrogen (secondary N) is 1. The molecule has 1 rings (SSSR count). The third-order valence-electron chi connectivity index (χ3n) is 2.22. The summed E-state index contributed by atoms with van der Waals surface area (Å²) >= 11 is 1.50. The van der Waals surface area contributed by atoms with E-state index in [0.717, 1.165) is 4.88 Å². The van der Waals surface area contributed by atoms with Gasteiger partial charge >= 0.3 is 0 Å². The molecule has 0 amide bonds. The van der Waals surface area contributed by atoms with Crippen LogP contribution in [0, 0.1) is 0 Å². The van der Waals surface area contributed by atoms with Crippen LogP contribution in [0.15, 0.2) is 22.5 Å². The minimum absolute atomic E-state index is 0.235. The molecule has 0 aliphatic rings. The van der Waals surface area contributed by atoms with Gasteiger partial charge in [0.05, 0.1) is 13.2 Å². The molecule has 0 spiro atoms. The van der Waals surface area contributed by atoms with Crippen LogP contribution in [0.25, 0.3) is 0 Å². The second-order valence-electron chi connectivity index (χ2n) is 3.87.